The van der Waals surface area contributed by atoms with Crippen molar-refractivity contribution in [3.63, 3.8) is 0 Å². The minimum absolute atomic E-state index is 0.0818. The highest BCUT2D eigenvalue weighted by atomic mass is 16.5. The van der Waals surface area contributed by atoms with Gasteiger partial charge in [-0.1, -0.05) is 23.8 Å². The summed E-state index contributed by atoms with van der Waals surface area (Å²) in [6.07, 6.45) is 5.93. The zero-order valence-electron chi connectivity index (χ0n) is 17.3. The molecule has 0 unspecified atom stereocenters. The number of Topliss-reactive ketones (excluding diaryl/α,β-unsaturated/α-hetero) is 1. The molecule has 4 nitrogen and oxygen atoms in total. The molecule has 4 heteroatoms. The van der Waals surface area contributed by atoms with Crippen molar-refractivity contribution < 1.29 is 14.3 Å². The van der Waals surface area contributed by atoms with Crippen LogP contribution in [-0.4, -0.2) is 17.0 Å². The number of nitrogens with zero attached hydrogens (tertiary/aromatic N) is 1. The molecule has 0 N–H and O–H groups in total. The average Bonchev–Trinajstić information content (AvgIpc) is 3.20. The van der Waals surface area contributed by atoms with Crippen molar-refractivity contribution in [2.24, 2.45) is 0 Å². The minimum atomic E-state index is -0.0818. The van der Waals surface area contributed by atoms with E-state index in [1.807, 2.05) is 51.1 Å². The van der Waals surface area contributed by atoms with Crippen molar-refractivity contribution in [2.45, 2.75) is 34.2 Å². The summed E-state index contributed by atoms with van der Waals surface area (Å²) in [5.41, 5.74) is 4.81. The predicted molar refractivity (Wildman–Crippen MR) is 117 cm³/mol. The molecule has 0 atom stereocenters. The highest BCUT2D eigenvalue weighted by Gasteiger charge is 2.30. The summed E-state index contributed by atoms with van der Waals surface area (Å²) in [7, 11) is 0. The summed E-state index contributed by atoms with van der Waals surface area (Å²) >= 11 is 0. The normalized spacial score (nSPS) is 14.2. The van der Waals surface area contributed by atoms with Crippen LogP contribution < -0.4 is 9.47 Å². The number of para-hydroxylation sites is 1. The molecule has 0 bridgehead atoms. The molecule has 0 fully saturated rings. The molecular weight excluding hydrogens is 362 g/mol. The standard InChI is InChI=1S/C25H25NO3/c1-5-26-15-18(20-8-6-7-9-21(20)26)13-23-25(27)24-17(4)12-19(14-22(24)29-23)28-11-10-16(2)3/h6-10,12-15H,5,11H2,1-4H3/b23-13-. The Kier molecular flexibility index (Phi) is 5.01. The molecule has 0 aliphatic carbocycles. The van der Waals surface area contributed by atoms with Gasteiger partial charge in [0.15, 0.2) is 5.76 Å². The maximum atomic E-state index is 13.0. The van der Waals surface area contributed by atoms with Crippen LogP contribution >= 0.6 is 0 Å². The number of aromatic nitrogens is 1. The second-order valence-corrected chi connectivity index (χ2v) is 7.53. The van der Waals surface area contributed by atoms with E-state index >= 15 is 0 Å². The molecule has 3 aromatic rings. The molecule has 29 heavy (non-hydrogen) atoms. The number of hydrogen-bond donors (Lipinski definition) is 0. The second-order valence-electron chi connectivity index (χ2n) is 7.53. The smallest absolute Gasteiger partial charge is 0.232 e. The lowest BCUT2D eigenvalue weighted by Gasteiger charge is -2.07. The number of fused-ring (bicyclic) bond motifs is 2. The number of benzene rings is 2. The van der Waals surface area contributed by atoms with Gasteiger partial charge in [0.05, 0.1) is 5.56 Å². The van der Waals surface area contributed by atoms with Crippen molar-refractivity contribution >= 4 is 22.8 Å². The molecule has 1 aromatic heterocycles. The van der Waals surface area contributed by atoms with Crippen LogP contribution in [0.15, 0.2) is 60.0 Å². The van der Waals surface area contributed by atoms with Crippen molar-refractivity contribution in [1.82, 2.24) is 4.57 Å². The van der Waals surface area contributed by atoms with E-state index in [-0.39, 0.29) is 5.78 Å². The highest BCUT2D eigenvalue weighted by Crippen LogP contribution is 2.38. The third kappa shape index (κ3) is 3.58. The molecule has 0 saturated heterocycles. The summed E-state index contributed by atoms with van der Waals surface area (Å²) in [5.74, 6) is 1.54. The van der Waals surface area contributed by atoms with Gasteiger partial charge in [0.2, 0.25) is 5.78 Å². The molecule has 0 saturated carbocycles. The predicted octanol–water partition coefficient (Wildman–Crippen LogP) is 5.93. The van der Waals surface area contributed by atoms with Crippen molar-refractivity contribution in [3.8, 4) is 11.5 Å². The molecule has 148 valence electrons. The first-order valence-electron chi connectivity index (χ1n) is 9.91. The average molecular weight is 387 g/mol. The van der Waals surface area contributed by atoms with Crippen LogP contribution in [0, 0.1) is 6.92 Å². The lowest BCUT2D eigenvalue weighted by molar-refractivity contribution is 0.101. The lowest BCUT2D eigenvalue weighted by atomic mass is 10.0. The van der Waals surface area contributed by atoms with E-state index in [0.29, 0.717) is 29.4 Å². The summed E-state index contributed by atoms with van der Waals surface area (Å²) in [4.78, 5) is 13.0. The number of carbonyl (C=O) groups excluding carboxylic acids is 1. The van der Waals surface area contributed by atoms with Gasteiger partial charge in [-0.25, -0.2) is 0 Å². The molecule has 1 aliphatic rings. The topological polar surface area (TPSA) is 40.5 Å². The van der Waals surface area contributed by atoms with E-state index < -0.39 is 0 Å². The molecule has 0 radical (unpaired) electrons. The van der Waals surface area contributed by atoms with E-state index in [4.69, 9.17) is 9.47 Å². The van der Waals surface area contributed by atoms with Gasteiger partial charge in [-0.05, 0) is 57.5 Å². The number of allylic oxidation sites excluding steroid dienone is 2. The van der Waals surface area contributed by atoms with Crippen LogP contribution in [0.5, 0.6) is 11.5 Å². The molecule has 0 spiro atoms. The van der Waals surface area contributed by atoms with E-state index in [0.717, 1.165) is 28.6 Å². The summed E-state index contributed by atoms with van der Waals surface area (Å²) in [6.45, 7) is 9.45. The van der Waals surface area contributed by atoms with Gasteiger partial charge in [-0.2, -0.15) is 0 Å². The zero-order valence-corrected chi connectivity index (χ0v) is 17.3. The maximum Gasteiger partial charge on any atom is 0.232 e. The van der Waals surface area contributed by atoms with Crippen LogP contribution in [0.4, 0.5) is 0 Å². The van der Waals surface area contributed by atoms with Gasteiger partial charge in [-0.3, -0.25) is 4.79 Å². The van der Waals surface area contributed by atoms with E-state index in [2.05, 4.69) is 29.8 Å². The fourth-order valence-electron chi connectivity index (χ4n) is 3.66. The fraction of sp³-hybridized carbons (Fsp3) is 0.240. The van der Waals surface area contributed by atoms with Crippen LogP contribution in [0.1, 0.15) is 42.3 Å². The number of ketones is 1. The van der Waals surface area contributed by atoms with Gasteiger partial charge < -0.3 is 14.0 Å². The van der Waals surface area contributed by atoms with Crippen molar-refractivity contribution in [2.75, 3.05) is 6.61 Å². The SMILES string of the molecule is CCn1cc(/C=C2\Oc3cc(OCC=C(C)C)cc(C)c3C2=O)c2ccccc21. The third-order valence-corrected chi connectivity index (χ3v) is 5.13. The number of hydrogen-bond acceptors (Lipinski definition) is 3. The largest absolute Gasteiger partial charge is 0.489 e. The Labute approximate surface area is 171 Å². The van der Waals surface area contributed by atoms with Crippen LogP contribution in [0.25, 0.3) is 17.0 Å². The molecular formula is C25H25NO3. The Bertz CT molecular complexity index is 1160. The van der Waals surface area contributed by atoms with Crippen molar-refractivity contribution in [3.05, 3.63) is 76.7 Å². The van der Waals surface area contributed by atoms with Gasteiger partial charge in [0.25, 0.3) is 0 Å². The summed E-state index contributed by atoms with van der Waals surface area (Å²) < 4.78 is 13.9. The Morgan fingerprint density at radius 3 is 2.76 bits per heavy atom. The Balaban J connectivity index is 1.68. The first-order chi connectivity index (χ1) is 14.0. The third-order valence-electron chi connectivity index (χ3n) is 5.13. The minimum Gasteiger partial charge on any atom is -0.489 e. The molecule has 4 rings (SSSR count). The number of carbonyl (C=O) groups is 1. The van der Waals surface area contributed by atoms with Crippen LogP contribution in [0.3, 0.4) is 0 Å². The van der Waals surface area contributed by atoms with E-state index in [1.54, 1.807) is 6.07 Å². The molecule has 0 amide bonds. The van der Waals surface area contributed by atoms with Gasteiger partial charge in [0, 0.05) is 35.3 Å². The highest BCUT2D eigenvalue weighted by molar-refractivity contribution is 6.16. The molecule has 2 heterocycles. The first-order valence-corrected chi connectivity index (χ1v) is 9.91. The molecule has 1 aliphatic heterocycles. The van der Waals surface area contributed by atoms with Gasteiger partial charge >= 0.3 is 0 Å². The van der Waals surface area contributed by atoms with E-state index in [9.17, 15) is 4.79 Å². The molecule has 2 aromatic carbocycles. The number of ether oxygens (including phenoxy) is 2. The Morgan fingerprint density at radius 1 is 1.21 bits per heavy atom. The Hall–Kier alpha value is -3.27. The van der Waals surface area contributed by atoms with Crippen molar-refractivity contribution in [1.29, 1.82) is 0 Å². The summed E-state index contributed by atoms with van der Waals surface area (Å²) in [5, 5.41) is 1.11. The van der Waals surface area contributed by atoms with E-state index in [1.165, 1.54) is 5.57 Å². The second kappa shape index (κ2) is 7.63. The van der Waals surface area contributed by atoms with Crippen LogP contribution in [0.2, 0.25) is 0 Å². The number of aryl methyl sites for hydroxylation is 2. The zero-order chi connectivity index (χ0) is 20.5. The number of rotatable bonds is 5. The first kappa shape index (κ1) is 19.1. The van der Waals surface area contributed by atoms with Crippen LogP contribution in [-0.2, 0) is 6.54 Å². The lowest BCUT2D eigenvalue weighted by Crippen LogP contribution is -2.00. The van der Waals surface area contributed by atoms with Gasteiger partial charge in [-0.15, -0.1) is 0 Å². The monoisotopic (exact) mass is 387 g/mol. The van der Waals surface area contributed by atoms with Gasteiger partial charge in [0.1, 0.15) is 18.1 Å². The summed E-state index contributed by atoms with van der Waals surface area (Å²) in [6, 6.07) is 11.9. The fourth-order valence-corrected chi connectivity index (χ4v) is 3.66. The maximum absolute atomic E-state index is 13.0. The quantitative estimate of drug-likeness (QED) is 0.402. The Morgan fingerprint density at radius 2 is 2.00 bits per heavy atom.